The van der Waals surface area contributed by atoms with Gasteiger partial charge < -0.3 is 20.1 Å². The number of hydrogen-bond donors (Lipinski definition) is 2. The number of urea groups is 1. The molecule has 1 aromatic heterocycles. The van der Waals surface area contributed by atoms with Gasteiger partial charge in [-0.15, -0.1) is 0 Å². The molecule has 1 aliphatic rings. The van der Waals surface area contributed by atoms with E-state index in [-0.39, 0.29) is 24.9 Å². The molecule has 0 radical (unpaired) electrons. The van der Waals surface area contributed by atoms with Crippen LogP contribution in [-0.2, 0) is 6.54 Å². The van der Waals surface area contributed by atoms with Crippen molar-refractivity contribution in [2.24, 2.45) is 5.41 Å². The summed E-state index contributed by atoms with van der Waals surface area (Å²) in [6.07, 6.45) is 2.18. The second kappa shape index (κ2) is 8.16. The maximum Gasteiger partial charge on any atom is 0.317 e. The molecule has 6 nitrogen and oxygen atoms in total. The summed E-state index contributed by atoms with van der Waals surface area (Å²) in [5.41, 5.74) is 0.867. The van der Waals surface area contributed by atoms with E-state index in [9.17, 15) is 18.7 Å². The van der Waals surface area contributed by atoms with Crippen LogP contribution < -0.4 is 10.1 Å². The van der Waals surface area contributed by atoms with Crippen molar-refractivity contribution in [3.63, 3.8) is 0 Å². The monoisotopic (exact) mass is 371 g/mol. The Morgan fingerprint density at radius 1 is 1.50 bits per heavy atom. The highest BCUT2D eigenvalue weighted by Crippen LogP contribution is 2.27. The standard InChI is InChI=1S/C18H27F2N3O3/c1-17(2,3)6-9-26-14-11-21-7-4-13(14)10-22-16(25)23-8-5-15(24)18(19,20)12-23/h4,7,11,15,24H,5-6,8-10,12H2,1-3H3,(H,22,25). The number of rotatable bonds is 5. The highest BCUT2D eigenvalue weighted by Gasteiger charge is 2.44. The smallest absolute Gasteiger partial charge is 0.317 e. The molecule has 0 saturated carbocycles. The molecule has 2 heterocycles. The predicted octanol–water partition coefficient (Wildman–Crippen LogP) is 2.81. The molecule has 1 aliphatic heterocycles. The largest absolute Gasteiger partial charge is 0.492 e. The quantitative estimate of drug-likeness (QED) is 0.835. The third-order valence-corrected chi connectivity index (χ3v) is 4.26. The minimum atomic E-state index is -3.28. The summed E-state index contributed by atoms with van der Waals surface area (Å²) >= 11 is 0. The molecule has 1 aromatic rings. The number of aromatic nitrogens is 1. The number of aliphatic hydroxyl groups excluding tert-OH is 1. The van der Waals surface area contributed by atoms with Gasteiger partial charge in [0, 0.05) is 24.8 Å². The van der Waals surface area contributed by atoms with Crippen LogP contribution in [0.4, 0.5) is 13.6 Å². The van der Waals surface area contributed by atoms with Gasteiger partial charge in [-0.3, -0.25) is 4.98 Å². The van der Waals surface area contributed by atoms with Gasteiger partial charge in [-0.05, 0) is 24.3 Å². The number of aliphatic hydroxyl groups is 1. The van der Waals surface area contributed by atoms with E-state index in [4.69, 9.17) is 4.74 Å². The fourth-order valence-corrected chi connectivity index (χ4v) is 2.54. The van der Waals surface area contributed by atoms with E-state index in [0.717, 1.165) is 16.9 Å². The number of alkyl halides is 2. The minimum absolute atomic E-state index is 0.0911. The summed E-state index contributed by atoms with van der Waals surface area (Å²) < 4.78 is 32.9. The molecule has 1 fully saturated rings. The van der Waals surface area contributed by atoms with Crippen molar-refractivity contribution in [3.05, 3.63) is 24.0 Å². The number of ether oxygens (including phenoxy) is 1. The number of nitrogens with one attached hydrogen (secondary N) is 1. The van der Waals surface area contributed by atoms with Crippen molar-refractivity contribution < 1.29 is 23.4 Å². The van der Waals surface area contributed by atoms with Crippen LogP contribution in [-0.4, -0.2) is 52.7 Å². The molecule has 0 spiro atoms. The molecule has 0 bridgehead atoms. The van der Waals surface area contributed by atoms with Crippen molar-refractivity contribution in [2.45, 2.75) is 52.2 Å². The van der Waals surface area contributed by atoms with Gasteiger partial charge in [0.25, 0.3) is 5.92 Å². The molecule has 2 amide bonds. The minimum Gasteiger partial charge on any atom is -0.492 e. The number of amides is 2. The topological polar surface area (TPSA) is 74.7 Å². The Kier molecular flexibility index (Phi) is 6.39. The Balaban J connectivity index is 1.90. The van der Waals surface area contributed by atoms with Crippen molar-refractivity contribution in [2.75, 3.05) is 19.7 Å². The lowest BCUT2D eigenvalue weighted by atomic mass is 9.93. The SMILES string of the molecule is CC(C)(C)CCOc1cnccc1CNC(=O)N1CCC(O)C(F)(F)C1. The van der Waals surface area contributed by atoms with E-state index in [1.54, 1.807) is 18.5 Å². The second-order valence-electron chi connectivity index (χ2n) is 7.79. The summed E-state index contributed by atoms with van der Waals surface area (Å²) in [5, 5.41) is 11.9. The normalized spacial score (nSPS) is 19.9. The molecular formula is C18H27F2N3O3. The van der Waals surface area contributed by atoms with Gasteiger partial charge >= 0.3 is 6.03 Å². The van der Waals surface area contributed by atoms with Gasteiger partial charge in [0.15, 0.2) is 0 Å². The Morgan fingerprint density at radius 3 is 2.88 bits per heavy atom. The zero-order valence-electron chi connectivity index (χ0n) is 15.5. The van der Waals surface area contributed by atoms with Crippen molar-refractivity contribution >= 4 is 6.03 Å². The van der Waals surface area contributed by atoms with E-state index in [2.05, 4.69) is 31.1 Å². The molecule has 1 atom stereocenters. The summed E-state index contributed by atoms with van der Waals surface area (Å²) in [5.74, 6) is -2.72. The van der Waals surface area contributed by atoms with Gasteiger partial charge in [-0.25, -0.2) is 13.6 Å². The first-order valence-corrected chi connectivity index (χ1v) is 8.73. The molecule has 8 heteroatoms. The van der Waals surface area contributed by atoms with Gasteiger partial charge in [-0.2, -0.15) is 0 Å². The molecule has 0 aliphatic carbocycles. The lowest BCUT2D eigenvalue weighted by molar-refractivity contribution is -0.141. The van der Waals surface area contributed by atoms with Crippen LogP contribution in [0.1, 0.15) is 39.2 Å². The Hall–Kier alpha value is -1.96. The first-order chi connectivity index (χ1) is 12.1. The highest BCUT2D eigenvalue weighted by atomic mass is 19.3. The van der Waals surface area contributed by atoms with Crippen LogP contribution in [0.3, 0.4) is 0 Å². The number of carbonyl (C=O) groups is 1. The molecule has 1 saturated heterocycles. The Morgan fingerprint density at radius 2 is 2.23 bits per heavy atom. The molecule has 0 aromatic carbocycles. The maximum absolute atomic E-state index is 13.6. The molecule has 2 N–H and O–H groups in total. The Labute approximate surface area is 152 Å². The summed E-state index contributed by atoms with van der Waals surface area (Å²) in [6, 6.07) is 1.13. The molecule has 1 unspecified atom stereocenters. The number of piperidine rings is 1. The van der Waals surface area contributed by atoms with E-state index in [1.165, 1.54) is 0 Å². The predicted molar refractivity (Wildman–Crippen MR) is 93.2 cm³/mol. The van der Waals surface area contributed by atoms with Crippen molar-refractivity contribution in [1.82, 2.24) is 15.2 Å². The van der Waals surface area contributed by atoms with Gasteiger partial charge in [0.1, 0.15) is 11.9 Å². The van der Waals surface area contributed by atoms with Crippen LogP contribution in [0.2, 0.25) is 0 Å². The first kappa shape index (κ1) is 20.4. The number of pyridine rings is 1. The fraction of sp³-hybridized carbons (Fsp3) is 0.667. The average molecular weight is 371 g/mol. The summed E-state index contributed by atoms with van der Waals surface area (Å²) in [4.78, 5) is 17.2. The van der Waals surface area contributed by atoms with Gasteiger partial charge in [0.2, 0.25) is 0 Å². The first-order valence-electron chi connectivity index (χ1n) is 8.73. The maximum atomic E-state index is 13.6. The van der Waals surface area contributed by atoms with E-state index in [0.29, 0.717) is 12.4 Å². The van der Waals surface area contributed by atoms with Crippen LogP contribution in [0.25, 0.3) is 0 Å². The Bertz CT molecular complexity index is 620. The number of nitrogens with zero attached hydrogens (tertiary/aromatic N) is 2. The van der Waals surface area contributed by atoms with E-state index >= 15 is 0 Å². The van der Waals surface area contributed by atoms with Gasteiger partial charge in [0.05, 0.1) is 19.3 Å². The third kappa shape index (κ3) is 5.79. The number of hydrogen-bond acceptors (Lipinski definition) is 4. The third-order valence-electron chi connectivity index (χ3n) is 4.26. The van der Waals surface area contributed by atoms with Crippen molar-refractivity contribution in [1.29, 1.82) is 0 Å². The second-order valence-corrected chi connectivity index (χ2v) is 7.79. The molecule has 2 rings (SSSR count). The lowest BCUT2D eigenvalue weighted by Crippen LogP contribution is -2.55. The van der Waals surface area contributed by atoms with Crippen molar-refractivity contribution in [3.8, 4) is 5.75 Å². The molecular weight excluding hydrogens is 344 g/mol. The number of likely N-dealkylation sites (tertiary alicyclic amines) is 1. The lowest BCUT2D eigenvalue weighted by Gasteiger charge is -2.35. The fourth-order valence-electron chi connectivity index (χ4n) is 2.54. The van der Waals surface area contributed by atoms with Crippen LogP contribution in [0, 0.1) is 5.41 Å². The van der Waals surface area contributed by atoms with Gasteiger partial charge in [-0.1, -0.05) is 20.8 Å². The molecule has 146 valence electrons. The van der Waals surface area contributed by atoms with Crippen LogP contribution in [0.15, 0.2) is 18.5 Å². The summed E-state index contributed by atoms with van der Waals surface area (Å²) in [7, 11) is 0. The van der Waals surface area contributed by atoms with Crippen LogP contribution in [0.5, 0.6) is 5.75 Å². The highest BCUT2D eigenvalue weighted by molar-refractivity contribution is 5.74. The van der Waals surface area contributed by atoms with E-state index < -0.39 is 24.6 Å². The summed E-state index contributed by atoms with van der Waals surface area (Å²) in [6.45, 7) is 6.33. The van der Waals surface area contributed by atoms with Crippen LogP contribution >= 0.6 is 0 Å². The zero-order chi connectivity index (χ0) is 19.4. The zero-order valence-corrected chi connectivity index (χ0v) is 15.5. The van der Waals surface area contributed by atoms with E-state index in [1.807, 2.05) is 0 Å². The average Bonchev–Trinajstić information content (AvgIpc) is 2.55. The number of halogens is 2. The molecule has 26 heavy (non-hydrogen) atoms. The number of carbonyl (C=O) groups excluding carboxylic acids is 1.